The first-order valence-corrected chi connectivity index (χ1v) is 11.0. The van der Waals surface area contributed by atoms with Crippen molar-refractivity contribution in [3.63, 3.8) is 0 Å². The van der Waals surface area contributed by atoms with Crippen molar-refractivity contribution in [3.8, 4) is 0 Å². The molecule has 0 saturated carbocycles. The molecule has 7 nitrogen and oxygen atoms in total. The highest BCUT2D eigenvalue weighted by molar-refractivity contribution is 7.88. The van der Waals surface area contributed by atoms with Crippen molar-refractivity contribution in [1.82, 2.24) is 19.2 Å². The normalized spacial score (nSPS) is 17.7. The second-order valence-corrected chi connectivity index (χ2v) is 9.07. The number of hydrogen-bond donors (Lipinski definition) is 1. The van der Waals surface area contributed by atoms with Crippen LogP contribution >= 0.6 is 0 Å². The Balaban J connectivity index is 1.85. The maximum absolute atomic E-state index is 13.0. The van der Waals surface area contributed by atoms with Gasteiger partial charge in [0.05, 0.1) is 24.0 Å². The Bertz CT molecular complexity index is 906. The van der Waals surface area contributed by atoms with Gasteiger partial charge in [-0.15, -0.1) is 0 Å². The fraction of sp³-hybridized carbons (Fsp3) is 0.474. The molecule has 1 aliphatic heterocycles. The van der Waals surface area contributed by atoms with E-state index in [1.807, 2.05) is 48.7 Å². The zero-order valence-corrected chi connectivity index (χ0v) is 16.7. The lowest BCUT2D eigenvalue weighted by Crippen LogP contribution is -2.48. The van der Waals surface area contributed by atoms with Gasteiger partial charge in [-0.05, 0) is 25.8 Å². The molecule has 0 radical (unpaired) electrons. The number of imidazole rings is 1. The first-order chi connectivity index (χ1) is 12.8. The summed E-state index contributed by atoms with van der Waals surface area (Å²) in [6, 6.07) is 9.06. The molecule has 0 aliphatic carbocycles. The van der Waals surface area contributed by atoms with Crippen LogP contribution in [0.15, 0.2) is 36.7 Å². The molecule has 0 saturated heterocycles. The average Bonchev–Trinajstić information content (AvgIpc) is 3.05. The second kappa shape index (κ2) is 7.82. The van der Waals surface area contributed by atoms with Crippen molar-refractivity contribution in [2.24, 2.45) is 0 Å². The fourth-order valence-electron chi connectivity index (χ4n) is 3.48. The molecule has 1 aliphatic rings. The van der Waals surface area contributed by atoms with E-state index in [2.05, 4.69) is 10.3 Å². The fourth-order valence-corrected chi connectivity index (χ4v) is 4.48. The van der Waals surface area contributed by atoms with Crippen molar-refractivity contribution >= 4 is 15.9 Å². The van der Waals surface area contributed by atoms with Gasteiger partial charge in [0.1, 0.15) is 6.04 Å². The predicted octanol–water partition coefficient (Wildman–Crippen LogP) is 1.68. The molecule has 2 aromatic rings. The Morgan fingerprint density at radius 3 is 2.63 bits per heavy atom. The van der Waals surface area contributed by atoms with Gasteiger partial charge in [0, 0.05) is 25.6 Å². The Labute approximate surface area is 160 Å². The second-order valence-electron chi connectivity index (χ2n) is 7.13. The van der Waals surface area contributed by atoms with Crippen LogP contribution in [0.25, 0.3) is 0 Å². The van der Waals surface area contributed by atoms with Crippen LogP contribution < -0.4 is 5.32 Å². The van der Waals surface area contributed by atoms with Crippen LogP contribution in [0.1, 0.15) is 42.9 Å². The van der Waals surface area contributed by atoms with Crippen LogP contribution in [0.3, 0.4) is 0 Å². The number of sulfonamides is 1. The molecular formula is C19H26N4O3S. The summed E-state index contributed by atoms with van der Waals surface area (Å²) in [7, 11) is -3.53. The zero-order valence-electron chi connectivity index (χ0n) is 15.9. The molecular weight excluding hydrogens is 364 g/mol. The van der Waals surface area contributed by atoms with Gasteiger partial charge >= 0.3 is 0 Å². The van der Waals surface area contributed by atoms with Crippen LogP contribution in [-0.2, 0) is 27.7 Å². The predicted molar refractivity (Wildman–Crippen MR) is 104 cm³/mol. The monoisotopic (exact) mass is 390 g/mol. The average molecular weight is 391 g/mol. The Hall–Kier alpha value is -2.19. The number of aromatic nitrogens is 2. The third-order valence-corrected chi connectivity index (χ3v) is 6.06. The van der Waals surface area contributed by atoms with Gasteiger partial charge in [-0.25, -0.2) is 13.4 Å². The smallest absolute Gasteiger partial charge is 0.244 e. The number of carbonyl (C=O) groups excluding carboxylic acids is 1. The van der Waals surface area contributed by atoms with Crippen molar-refractivity contribution in [2.45, 2.75) is 38.8 Å². The molecule has 1 aromatic carbocycles. The van der Waals surface area contributed by atoms with Crippen LogP contribution in [0, 0.1) is 0 Å². The molecule has 1 N–H and O–H groups in total. The third kappa shape index (κ3) is 4.22. The summed E-state index contributed by atoms with van der Waals surface area (Å²) in [5, 5.41) is 2.91. The lowest BCUT2D eigenvalue weighted by molar-refractivity contribution is -0.125. The molecule has 1 aromatic heterocycles. The van der Waals surface area contributed by atoms with Crippen LogP contribution in [-0.4, -0.2) is 47.5 Å². The van der Waals surface area contributed by atoms with Gasteiger partial charge in [-0.1, -0.05) is 30.3 Å². The molecule has 3 rings (SSSR count). The lowest BCUT2D eigenvalue weighted by Gasteiger charge is -2.34. The van der Waals surface area contributed by atoms with E-state index >= 15 is 0 Å². The quantitative estimate of drug-likeness (QED) is 0.813. The van der Waals surface area contributed by atoms with Crippen molar-refractivity contribution in [1.29, 1.82) is 0 Å². The molecule has 0 spiro atoms. The number of hydrogen-bond acceptors (Lipinski definition) is 4. The van der Waals surface area contributed by atoms with Crippen LogP contribution in [0.5, 0.6) is 0 Å². The first kappa shape index (κ1) is 19.6. The van der Waals surface area contributed by atoms with Crippen molar-refractivity contribution in [3.05, 3.63) is 53.6 Å². The minimum absolute atomic E-state index is 0.0837. The van der Waals surface area contributed by atoms with E-state index in [0.29, 0.717) is 25.1 Å². The summed E-state index contributed by atoms with van der Waals surface area (Å²) >= 11 is 0. The molecule has 1 amide bonds. The van der Waals surface area contributed by atoms with E-state index in [-0.39, 0.29) is 18.5 Å². The zero-order chi connectivity index (χ0) is 19.6. The van der Waals surface area contributed by atoms with E-state index in [9.17, 15) is 13.2 Å². The van der Waals surface area contributed by atoms with Gasteiger partial charge in [-0.3, -0.25) is 4.79 Å². The van der Waals surface area contributed by atoms with Gasteiger partial charge in [-0.2, -0.15) is 4.31 Å². The largest absolute Gasteiger partial charge is 0.354 e. The Morgan fingerprint density at radius 2 is 2.00 bits per heavy atom. The van der Waals surface area contributed by atoms with Gasteiger partial charge in [0.15, 0.2) is 0 Å². The van der Waals surface area contributed by atoms with Gasteiger partial charge in [0.2, 0.25) is 15.9 Å². The minimum atomic E-state index is -3.53. The summed E-state index contributed by atoms with van der Waals surface area (Å²) in [6.45, 7) is 4.69. The number of nitrogens with one attached hydrogen (secondary N) is 1. The van der Waals surface area contributed by atoms with Gasteiger partial charge in [0.25, 0.3) is 0 Å². The first-order valence-electron chi connectivity index (χ1n) is 9.13. The molecule has 0 fully saturated rings. The SMILES string of the molecule is CC(C)n1cnc2c1[C@@H](C(=O)NCCc1ccccc1)N(S(C)(=O)=O)CC2. The maximum atomic E-state index is 13.0. The highest BCUT2D eigenvalue weighted by Crippen LogP contribution is 2.33. The Kier molecular flexibility index (Phi) is 5.67. The summed E-state index contributed by atoms with van der Waals surface area (Å²) in [5.74, 6) is -0.306. The van der Waals surface area contributed by atoms with E-state index in [1.165, 1.54) is 4.31 Å². The van der Waals surface area contributed by atoms with Gasteiger partial charge < -0.3 is 9.88 Å². The minimum Gasteiger partial charge on any atom is -0.354 e. The highest BCUT2D eigenvalue weighted by Gasteiger charge is 2.41. The highest BCUT2D eigenvalue weighted by atomic mass is 32.2. The lowest BCUT2D eigenvalue weighted by atomic mass is 10.0. The molecule has 2 heterocycles. The summed E-state index contributed by atoms with van der Waals surface area (Å²) in [6.07, 6.45) is 4.05. The number of amides is 1. The number of nitrogens with zero attached hydrogens (tertiary/aromatic N) is 3. The van der Waals surface area contributed by atoms with Crippen LogP contribution in [0.2, 0.25) is 0 Å². The molecule has 146 valence electrons. The molecule has 1 atom stereocenters. The van der Waals surface area contributed by atoms with Crippen LogP contribution in [0.4, 0.5) is 0 Å². The summed E-state index contributed by atoms with van der Waals surface area (Å²) in [4.78, 5) is 17.4. The van der Waals surface area contributed by atoms with Crippen molar-refractivity contribution in [2.75, 3.05) is 19.3 Å². The summed E-state index contributed by atoms with van der Waals surface area (Å²) in [5.41, 5.74) is 2.60. The number of rotatable bonds is 6. The van der Waals surface area contributed by atoms with E-state index < -0.39 is 16.1 Å². The van der Waals surface area contributed by atoms with E-state index in [1.54, 1.807) is 6.33 Å². The van der Waals surface area contributed by atoms with E-state index in [4.69, 9.17) is 0 Å². The third-order valence-electron chi connectivity index (χ3n) is 4.81. The standard InChI is InChI=1S/C19H26N4O3S/c1-14(2)22-13-21-16-10-12-23(27(3,25)26)18(17(16)22)19(24)20-11-9-15-7-5-4-6-8-15/h4-8,13-14,18H,9-12H2,1-3H3,(H,20,24)/t18-/m0/s1. The molecule has 8 heteroatoms. The number of carbonyl (C=O) groups is 1. The number of benzene rings is 1. The topological polar surface area (TPSA) is 84.3 Å². The van der Waals surface area contributed by atoms with Crippen molar-refractivity contribution < 1.29 is 13.2 Å². The summed E-state index contributed by atoms with van der Waals surface area (Å²) < 4.78 is 27.8. The van der Waals surface area contributed by atoms with E-state index in [0.717, 1.165) is 17.5 Å². The number of fused-ring (bicyclic) bond motifs is 1. The molecule has 0 bridgehead atoms. The molecule has 0 unspecified atom stereocenters. The molecule has 27 heavy (non-hydrogen) atoms. The maximum Gasteiger partial charge on any atom is 0.244 e. The Morgan fingerprint density at radius 1 is 1.30 bits per heavy atom.